The van der Waals surface area contributed by atoms with Gasteiger partial charge in [-0.3, -0.25) is 4.79 Å². The Bertz CT molecular complexity index is 944. The van der Waals surface area contributed by atoms with Gasteiger partial charge in [0.1, 0.15) is 11.3 Å². The number of rotatable bonds is 1. The van der Waals surface area contributed by atoms with Crippen LogP contribution in [0.15, 0.2) is 57.8 Å². The minimum atomic E-state index is 0.0280. The summed E-state index contributed by atoms with van der Waals surface area (Å²) in [7, 11) is 0. The largest absolute Gasteiger partial charge is 0.456 e. The van der Waals surface area contributed by atoms with Crippen molar-refractivity contribution < 1.29 is 4.42 Å². The molecule has 0 saturated carbocycles. The third-order valence-corrected chi connectivity index (χ3v) is 4.23. The second kappa shape index (κ2) is 6.88. The van der Waals surface area contributed by atoms with Crippen molar-refractivity contribution in [1.29, 1.82) is 0 Å². The van der Waals surface area contributed by atoms with Gasteiger partial charge in [-0.2, -0.15) is 0 Å². The van der Waals surface area contributed by atoms with Crippen LogP contribution in [0.1, 0.15) is 37.0 Å². The van der Waals surface area contributed by atoms with Crippen LogP contribution < -0.4 is 5.43 Å². The molecule has 1 aliphatic carbocycles. The summed E-state index contributed by atoms with van der Waals surface area (Å²) in [5.41, 5.74) is 5.05. The molecule has 1 aliphatic rings. The highest BCUT2D eigenvalue weighted by Gasteiger charge is 2.14. The molecule has 0 spiro atoms. The summed E-state index contributed by atoms with van der Waals surface area (Å²) < 4.78 is 6.00. The summed E-state index contributed by atoms with van der Waals surface area (Å²) in [5.74, 6) is 0.622. The first kappa shape index (κ1) is 16.3. The number of aryl methyl sites for hydroxylation is 2. The summed E-state index contributed by atoms with van der Waals surface area (Å²) in [5, 5.41) is 0.698. The smallest absolute Gasteiger partial charge is 0.193 e. The summed E-state index contributed by atoms with van der Waals surface area (Å²) >= 11 is 0. The predicted molar refractivity (Wildman–Crippen MR) is 101 cm³/mol. The zero-order valence-electron chi connectivity index (χ0n) is 14.4. The van der Waals surface area contributed by atoms with Crippen LogP contribution in [0.5, 0.6) is 0 Å². The summed E-state index contributed by atoms with van der Waals surface area (Å²) in [6.45, 7) is 6.04. The van der Waals surface area contributed by atoms with Crippen molar-refractivity contribution in [2.75, 3.05) is 0 Å². The Balaban J connectivity index is 0.000000815. The van der Waals surface area contributed by atoms with Crippen LogP contribution in [0.2, 0.25) is 0 Å². The third kappa shape index (κ3) is 2.92. The standard InChI is InChI=1S/C20H16O2.C2H6/c1-13-6-8-15(9-7-13)19-12-17(21)20-16-5-3-2-4-14(16)10-11-18(20)22-19;1-2/h3,5-12H,2,4H2,1H3;1-2H3. The van der Waals surface area contributed by atoms with Crippen LogP contribution in [0, 0.1) is 6.92 Å². The van der Waals surface area contributed by atoms with E-state index in [0.717, 1.165) is 24.0 Å². The van der Waals surface area contributed by atoms with E-state index < -0.39 is 0 Å². The molecule has 1 heterocycles. The molecule has 0 atom stereocenters. The number of hydrogen-bond donors (Lipinski definition) is 0. The van der Waals surface area contributed by atoms with Crippen molar-refractivity contribution in [3.8, 4) is 11.3 Å². The highest BCUT2D eigenvalue weighted by molar-refractivity contribution is 5.89. The molecule has 122 valence electrons. The first-order valence-electron chi connectivity index (χ1n) is 8.56. The molecule has 0 amide bonds. The Kier molecular flexibility index (Phi) is 4.66. The van der Waals surface area contributed by atoms with Crippen molar-refractivity contribution in [2.45, 2.75) is 33.6 Å². The number of fused-ring (bicyclic) bond motifs is 3. The lowest BCUT2D eigenvalue weighted by molar-refractivity contribution is 0.618. The maximum atomic E-state index is 12.6. The Morgan fingerprint density at radius 2 is 1.75 bits per heavy atom. The number of allylic oxidation sites excluding steroid dienone is 1. The number of benzene rings is 2. The van der Waals surface area contributed by atoms with Gasteiger partial charge in [0, 0.05) is 11.6 Å². The molecule has 4 rings (SSSR count). The second-order valence-corrected chi connectivity index (χ2v) is 5.79. The van der Waals surface area contributed by atoms with E-state index in [0.29, 0.717) is 16.7 Å². The van der Waals surface area contributed by atoms with E-state index in [2.05, 4.69) is 12.1 Å². The van der Waals surface area contributed by atoms with E-state index >= 15 is 0 Å². The van der Waals surface area contributed by atoms with E-state index in [4.69, 9.17) is 4.42 Å². The Morgan fingerprint density at radius 1 is 1.00 bits per heavy atom. The van der Waals surface area contributed by atoms with Gasteiger partial charge in [-0.1, -0.05) is 61.9 Å². The molecular formula is C22H22O2. The topological polar surface area (TPSA) is 30.2 Å². The minimum absolute atomic E-state index is 0.0280. The van der Waals surface area contributed by atoms with Gasteiger partial charge < -0.3 is 4.42 Å². The van der Waals surface area contributed by atoms with Crippen molar-refractivity contribution in [1.82, 2.24) is 0 Å². The van der Waals surface area contributed by atoms with Gasteiger partial charge in [-0.25, -0.2) is 0 Å². The average molecular weight is 318 g/mol. The van der Waals surface area contributed by atoms with E-state index in [-0.39, 0.29) is 5.43 Å². The second-order valence-electron chi connectivity index (χ2n) is 5.79. The molecule has 0 radical (unpaired) electrons. The normalized spacial score (nSPS) is 12.5. The van der Waals surface area contributed by atoms with Crippen molar-refractivity contribution >= 4 is 17.0 Å². The van der Waals surface area contributed by atoms with Gasteiger partial charge in [0.15, 0.2) is 5.43 Å². The lowest BCUT2D eigenvalue weighted by atomic mass is 9.94. The summed E-state index contributed by atoms with van der Waals surface area (Å²) in [6.07, 6.45) is 6.19. The lowest BCUT2D eigenvalue weighted by Gasteiger charge is -2.12. The van der Waals surface area contributed by atoms with Gasteiger partial charge in [-0.15, -0.1) is 0 Å². The Labute approximate surface area is 142 Å². The van der Waals surface area contributed by atoms with Crippen molar-refractivity contribution in [3.63, 3.8) is 0 Å². The van der Waals surface area contributed by atoms with Gasteiger partial charge >= 0.3 is 0 Å². The average Bonchev–Trinajstić information content (AvgIpc) is 2.63. The zero-order valence-corrected chi connectivity index (χ0v) is 14.4. The first-order chi connectivity index (χ1) is 11.7. The Morgan fingerprint density at radius 3 is 2.50 bits per heavy atom. The monoisotopic (exact) mass is 318 g/mol. The zero-order chi connectivity index (χ0) is 17.1. The van der Waals surface area contributed by atoms with Crippen molar-refractivity contribution in [3.05, 3.63) is 75.5 Å². The van der Waals surface area contributed by atoms with Crippen LogP contribution in [-0.2, 0) is 6.42 Å². The molecule has 24 heavy (non-hydrogen) atoms. The van der Waals surface area contributed by atoms with Crippen molar-refractivity contribution in [2.24, 2.45) is 0 Å². The SMILES string of the molecule is CC.Cc1ccc(-c2cc(=O)c3c4c(ccc3o2)CCC=C4)cc1. The van der Waals surface area contributed by atoms with Gasteiger partial charge in [-0.05, 0) is 37.0 Å². The van der Waals surface area contributed by atoms with Gasteiger partial charge in [0.25, 0.3) is 0 Å². The van der Waals surface area contributed by atoms with Crippen LogP contribution in [0.3, 0.4) is 0 Å². The molecule has 3 aromatic rings. The Hall–Kier alpha value is -2.61. The lowest BCUT2D eigenvalue weighted by Crippen LogP contribution is -2.06. The van der Waals surface area contributed by atoms with Crippen LogP contribution in [0.4, 0.5) is 0 Å². The molecule has 0 bridgehead atoms. The highest BCUT2D eigenvalue weighted by Crippen LogP contribution is 2.29. The van der Waals surface area contributed by atoms with Gasteiger partial charge in [0.05, 0.1) is 5.39 Å². The molecule has 2 nitrogen and oxygen atoms in total. The quantitative estimate of drug-likeness (QED) is 0.571. The summed E-state index contributed by atoms with van der Waals surface area (Å²) in [4.78, 5) is 12.6. The maximum Gasteiger partial charge on any atom is 0.193 e. The molecule has 2 aromatic carbocycles. The van der Waals surface area contributed by atoms with E-state index in [9.17, 15) is 4.79 Å². The third-order valence-electron chi connectivity index (χ3n) is 4.23. The van der Waals surface area contributed by atoms with E-state index in [1.807, 2.05) is 57.2 Å². The molecule has 0 fully saturated rings. The van der Waals surface area contributed by atoms with Crippen LogP contribution >= 0.6 is 0 Å². The number of hydrogen-bond acceptors (Lipinski definition) is 2. The maximum absolute atomic E-state index is 12.6. The molecular weight excluding hydrogens is 296 g/mol. The van der Waals surface area contributed by atoms with Crippen LogP contribution in [0.25, 0.3) is 28.4 Å². The molecule has 0 saturated heterocycles. The van der Waals surface area contributed by atoms with E-state index in [1.165, 1.54) is 11.1 Å². The first-order valence-corrected chi connectivity index (χ1v) is 8.56. The molecule has 0 aliphatic heterocycles. The summed E-state index contributed by atoms with van der Waals surface area (Å²) in [6, 6.07) is 13.6. The fourth-order valence-corrected chi connectivity index (χ4v) is 3.03. The highest BCUT2D eigenvalue weighted by atomic mass is 16.3. The molecule has 0 unspecified atom stereocenters. The molecule has 2 heteroatoms. The fraction of sp³-hybridized carbons (Fsp3) is 0.227. The molecule has 1 aromatic heterocycles. The van der Waals surface area contributed by atoms with Gasteiger partial charge in [0.2, 0.25) is 0 Å². The predicted octanol–water partition coefficient (Wildman–Crippen LogP) is 5.75. The van der Waals surface area contributed by atoms with E-state index in [1.54, 1.807) is 6.07 Å². The van der Waals surface area contributed by atoms with Crippen LogP contribution in [-0.4, -0.2) is 0 Å². The fourth-order valence-electron chi connectivity index (χ4n) is 3.03. The minimum Gasteiger partial charge on any atom is -0.456 e. The molecule has 0 N–H and O–H groups in total.